The van der Waals surface area contributed by atoms with Crippen molar-refractivity contribution in [2.75, 3.05) is 38.8 Å². The molecule has 4 aromatic rings. The number of methoxy groups -OCH3 is 2. The number of amides is 2. The molecule has 1 saturated heterocycles. The monoisotopic (exact) mass is 588 g/mol. The van der Waals surface area contributed by atoms with Crippen molar-refractivity contribution < 1.29 is 23.4 Å². The molecule has 1 aliphatic rings. The molecule has 0 aliphatic carbocycles. The Balaban J connectivity index is 1.43. The topological polar surface area (TPSA) is 94.8 Å². The first-order valence-electron chi connectivity index (χ1n) is 14.5. The summed E-state index contributed by atoms with van der Waals surface area (Å²) in [5.74, 6) is 1.30. The molecule has 2 aromatic heterocycles. The number of carbonyl (C=O) groups excluding carboxylic acids is 1. The number of carbonyl (C=O) groups is 1. The van der Waals surface area contributed by atoms with E-state index in [9.17, 15) is 9.18 Å². The summed E-state index contributed by atoms with van der Waals surface area (Å²) in [6.07, 6.45) is 6.66. The number of aromatic nitrogens is 4. The lowest BCUT2D eigenvalue weighted by molar-refractivity contribution is 0.167. The summed E-state index contributed by atoms with van der Waals surface area (Å²) < 4.78 is 33.1. The van der Waals surface area contributed by atoms with E-state index in [1.54, 1.807) is 33.9 Å². The van der Waals surface area contributed by atoms with Crippen molar-refractivity contribution >= 4 is 11.7 Å². The molecule has 11 heteroatoms. The second-order valence-electron chi connectivity index (χ2n) is 10.5. The molecule has 0 bridgehead atoms. The number of hydrogen-bond acceptors (Lipinski definition) is 7. The van der Waals surface area contributed by atoms with Crippen LogP contribution in [0.15, 0.2) is 67.0 Å². The number of nitrogens with zero attached hydrogens (tertiary/aromatic N) is 6. The Labute approximate surface area is 251 Å². The lowest BCUT2D eigenvalue weighted by atomic mass is 10.0. The summed E-state index contributed by atoms with van der Waals surface area (Å²) in [4.78, 5) is 21.8. The highest BCUT2D eigenvalue weighted by Gasteiger charge is 2.34. The second kappa shape index (κ2) is 14.0. The van der Waals surface area contributed by atoms with Gasteiger partial charge >= 0.3 is 6.03 Å². The molecule has 5 rings (SSSR count). The van der Waals surface area contributed by atoms with Gasteiger partial charge in [-0.15, -0.1) is 5.10 Å². The summed E-state index contributed by atoms with van der Waals surface area (Å²) in [6.45, 7) is 4.27. The highest BCUT2D eigenvalue weighted by molar-refractivity contribution is 5.93. The van der Waals surface area contributed by atoms with Crippen LogP contribution in [0.4, 0.5) is 14.9 Å². The number of urea groups is 1. The summed E-state index contributed by atoms with van der Waals surface area (Å²) in [6, 6.07) is 15.3. The van der Waals surface area contributed by atoms with Crippen molar-refractivity contribution in [2.24, 2.45) is 5.92 Å². The fourth-order valence-electron chi connectivity index (χ4n) is 5.26. The van der Waals surface area contributed by atoms with E-state index in [0.29, 0.717) is 60.4 Å². The van der Waals surface area contributed by atoms with Crippen molar-refractivity contribution in [3.63, 3.8) is 0 Å². The zero-order chi connectivity index (χ0) is 30.2. The van der Waals surface area contributed by atoms with Gasteiger partial charge < -0.3 is 19.1 Å². The van der Waals surface area contributed by atoms with Crippen LogP contribution in [0.2, 0.25) is 0 Å². The quantitative estimate of drug-likeness (QED) is 0.182. The molecule has 0 radical (unpaired) electrons. The minimum Gasteiger partial charge on any atom is -0.496 e. The first kappa shape index (κ1) is 29.8. The zero-order valence-electron chi connectivity index (χ0n) is 24.8. The average molecular weight is 589 g/mol. The zero-order valence-corrected chi connectivity index (χ0v) is 24.8. The van der Waals surface area contributed by atoms with Gasteiger partial charge in [0.2, 0.25) is 0 Å². The highest BCUT2D eigenvalue weighted by atomic mass is 19.1. The van der Waals surface area contributed by atoms with Gasteiger partial charge in [-0.25, -0.2) is 9.18 Å². The standard InChI is InChI=1S/C32H37FN6O4/c1-4-5-8-15-43-31-17-26(11-13-30(31)42-3)39-20-23(19-38-22-28(35-36-38)27-9-6-7-14-34-27)18-37(32(39)40)21-24-16-25(33)10-12-29(24)41-2/h6-7,9-14,16-17,22-23H,4-5,8,15,18-21H2,1-3H3. The van der Waals surface area contributed by atoms with E-state index in [4.69, 9.17) is 14.2 Å². The Hall–Kier alpha value is -4.67. The van der Waals surface area contributed by atoms with Crippen LogP contribution in [0.25, 0.3) is 11.4 Å². The van der Waals surface area contributed by atoms with Gasteiger partial charge in [-0.1, -0.05) is 31.0 Å². The smallest absolute Gasteiger partial charge is 0.324 e. The second-order valence-corrected chi connectivity index (χ2v) is 10.5. The molecule has 43 heavy (non-hydrogen) atoms. The van der Waals surface area contributed by atoms with Crippen LogP contribution >= 0.6 is 0 Å². The minimum absolute atomic E-state index is 0.0217. The van der Waals surface area contributed by atoms with Crippen LogP contribution in [-0.2, 0) is 13.1 Å². The van der Waals surface area contributed by atoms with Gasteiger partial charge in [-0.05, 0) is 48.9 Å². The maximum Gasteiger partial charge on any atom is 0.324 e. The number of hydrogen-bond donors (Lipinski definition) is 0. The van der Waals surface area contributed by atoms with Crippen LogP contribution in [0.3, 0.4) is 0 Å². The third-order valence-electron chi connectivity index (χ3n) is 7.40. The van der Waals surface area contributed by atoms with Crippen LogP contribution < -0.4 is 19.1 Å². The number of pyridine rings is 1. The molecule has 0 saturated carbocycles. The summed E-state index contributed by atoms with van der Waals surface area (Å²) >= 11 is 0. The largest absolute Gasteiger partial charge is 0.496 e. The Morgan fingerprint density at radius 2 is 1.79 bits per heavy atom. The molecule has 1 aliphatic heterocycles. The van der Waals surface area contributed by atoms with E-state index >= 15 is 0 Å². The van der Waals surface area contributed by atoms with Gasteiger partial charge in [0.1, 0.15) is 17.3 Å². The first-order valence-corrected chi connectivity index (χ1v) is 14.5. The molecule has 0 N–H and O–H groups in total. The molecule has 1 unspecified atom stereocenters. The predicted molar refractivity (Wildman–Crippen MR) is 161 cm³/mol. The maximum absolute atomic E-state index is 14.2. The van der Waals surface area contributed by atoms with Gasteiger partial charge in [0.25, 0.3) is 0 Å². The van der Waals surface area contributed by atoms with Crippen LogP contribution in [0.5, 0.6) is 17.2 Å². The number of unbranched alkanes of at least 4 members (excludes halogenated alkanes) is 2. The van der Waals surface area contributed by atoms with Crippen LogP contribution in [0.1, 0.15) is 31.7 Å². The van der Waals surface area contributed by atoms with Gasteiger partial charge in [-0.2, -0.15) is 0 Å². The lowest BCUT2D eigenvalue weighted by Gasteiger charge is -2.40. The van der Waals surface area contributed by atoms with Gasteiger partial charge in [0, 0.05) is 49.1 Å². The van der Waals surface area contributed by atoms with E-state index in [2.05, 4.69) is 22.2 Å². The van der Waals surface area contributed by atoms with E-state index in [0.717, 1.165) is 25.0 Å². The summed E-state index contributed by atoms with van der Waals surface area (Å²) in [5, 5.41) is 8.64. The Morgan fingerprint density at radius 1 is 0.953 bits per heavy atom. The fraction of sp³-hybridized carbons (Fsp3) is 0.375. The number of anilines is 1. The number of benzene rings is 2. The Kier molecular flexibility index (Phi) is 9.70. The normalized spacial score (nSPS) is 15.1. The first-order chi connectivity index (χ1) is 21.0. The fourth-order valence-corrected chi connectivity index (χ4v) is 5.26. The van der Waals surface area contributed by atoms with E-state index in [1.165, 1.54) is 19.2 Å². The number of halogens is 1. The minimum atomic E-state index is -0.390. The molecule has 1 fully saturated rings. The van der Waals surface area contributed by atoms with Gasteiger partial charge in [0.05, 0.1) is 39.3 Å². The van der Waals surface area contributed by atoms with E-state index < -0.39 is 5.82 Å². The predicted octanol–water partition coefficient (Wildman–Crippen LogP) is 5.82. The summed E-state index contributed by atoms with van der Waals surface area (Å²) in [5.41, 5.74) is 2.68. The molecule has 0 spiro atoms. The maximum atomic E-state index is 14.2. The van der Waals surface area contributed by atoms with Gasteiger partial charge in [-0.3, -0.25) is 14.6 Å². The third-order valence-corrected chi connectivity index (χ3v) is 7.40. The van der Waals surface area contributed by atoms with Crippen molar-refractivity contribution in [1.29, 1.82) is 0 Å². The Morgan fingerprint density at radius 3 is 2.56 bits per heavy atom. The lowest BCUT2D eigenvalue weighted by Crippen LogP contribution is -2.54. The van der Waals surface area contributed by atoms with E-state index in [1.807, 2.05) is 42.6 Å². The van der Waals surface area contributed by atoms with Crippen molar-refractivity contribution in [2.45, 2.75) is 39.3 Å². The average Bonchev–Trinajstić information content (AvgIpc) is 3.50. The summed E-state index contributed by atoms with van der Waals surface area (Å²) in [7, 11) is 3.13. The molecule has 1 atom stereocenters. The molecule has 2 amide bonds. The molecule has 2 aromatic carbocycles. The Bertz CT molecular complexity index is 1510. The van der Waals surface area contributed by atoms with Crippen molar-refractivity contribution in [3.8, 4) is 28.6 Å². The van der Waals surface area contributed by atoms with Crippen molar-refractivity contribution in [3.05, 3.63) is 78.4 Å². The van der Waals surface area contributed by atoms with Crippen LogP contribution in [0, 0.1) is 11.7 Å². The van der Waals surface area contributed by atoms with E-state index in [-0.39, 0.29) is 18.5 Å². The molecule has 10 nitrogen and oxygen atoms in total. The third kappa shape index (κ3) is 7.22. The van der Waals surface area contributed by atoms with Crippen molar-refractivity contribution in [1.82, 2.24) is 24.9 Å². The SMILES string of the molecule is CCCCCOc1cc(N2CC(Cn3cc(-c4ccccn4)nn3)CN(Cc3cc(F)ccc3OC)C2=O)ccc1OC. The van der Waals surface area contributed by atoms with Gasteiger partial charge in [0.15, 0.2) is 11.5 Å². The molecule has 226 valence electrons. The molecule has 3 heterocycles. The van der Waals surface area contributed by atoms with Crippen LogP contribution in [-0.4, -0.2) is 64.8 Å². The number of ether oxygens (including phenoxy) is 3. The number of rotatable bonds is 13. The highest BCUT2D eigenvalue weighted by Crippen LogP contribution is 2.35. The molecular weight excluding hydrogens is 551 g/mol. The molecular formula is C32H37FN6O4.